The molecule has 0 spiro atoms. The number of amides is 2. The molecule has 2 aromatic carbocycles. The lowest BCUT2D eigenvalue weighted by Crippen LogP contribution is -2.16. The lowest BCUT2D eigenvalue weighted by atomic mass is 10.2. The zero-order valence-electron chi connectivity index (χ0n) is 13.9. The zero-order valence-corrected chi connectivity index (χ0v) is 15.4. The van der Waals surface area contributed by atoms with Crippen molar-refractivity contribution in [1.29, 1.82) is 0 Å². The molecular formula is C20H13ClN2O3S. The fourth-order valence-electron chi connectivity index (χ4n) is 2.67. The van der Waals surface area contributed by atoms with Crippen LogP contribution in [0.3, 0.4) is 0 Å². The molecule has 0 radical (unpaired) electrons. The summed E-state index contributed by atoms with van der Waals surface area (Å²) in [5.41, 5.74) is 1.38. The van der Waals surface area contributed by atoms with Crippen molar-refractivity contribution in [2.24, 2.45) is 0 Å². The summed E-state index contributed by atoms with van der Waals surface area (Å²) >= 11 is 7.28. The first-order chi connectivity index (χ1) is 13.1. The van der Waals surface area contributed by atoms with E-state index in [2.05, 4.69) is 10.6 Å². The van der Waals surface area contributed by atoms with Crippen LogP contribution in [-0.4, -0.2) is 11.8 Å². The smallest absolute Gasteiger partial charge is 0.293 e. The average Bonchev–Trinajstić information content (AvgIpc) is 3.30. The second-order valence-corrected chi connectivity index (χ2v) is 7.08. The minimum absolute atomic E-state index is 0.0288. The van der Waals surface area contributed by atoms with Crippen LogP contribution in [0.25, 0.3) is 11.0 Å². The number of hydrogen-bond donors (Lipinski definition) is 2. The van der Waals surface area contributed by atoms with Gasteiger partial charge in [0.25, 0.3) is 11.8 Å². The average molecular weight is 397 g/mol. The Balaban J connectivity index is 1.71. The third kappa shape index (κ3) is 3.58. The molecule has 0 fully saturated rings. The molecule has 2 aromatic heterocycles. The van der Waals surface area contributed by atoms with E-state index in [0.717, 1.165) is 0 Å². The van der Waals surface area contributed by atoms with Crippen LogP contribution in [0.1, 0.15) is 20.2 Å². The minimum atomic E-state index is -0.477. The Bertz CT molecular complexity index is 1140. The molecule has 0 saturated heterocycles. The number of nitrogens with one attached hydrogen (secondary N) is 2. The topological polar surface area (TPSA) is 71.3 Å². The molecule has 5 nitrogen and oxygen atoms in total. The molecule has 0 aliphatic heterocycles. The molecule has 0 aliphatic carbocycles. The Labute approximate surface area is 163 Å². The molecule has 0 bridgehead atoms. The number of halogens is 1. The Morgan fingerprint density at radius 3 is 2.56 bits per heavy atom. The second-order valence-electron chi connectivity index (χ2n) is 5.70. The lowest BCUT2D eigenvalue weighted by molar-refractivity contribution is 0.1000. The number of thiophene rings is 1. The molecule has 134 valence electrons. The number of rotatable bonds is 4. The van der Waals surface area contributed by atoms with Gasteiger partial charge in [0.05, 0.1) is 4.88 Å². The van der Waals surface area contributed by atoms with E-state index in [9.17, 15) is 9.59 Å². The highest BCUT2D eigenvalue weighted by molar-refractivity contribution is 7.12. The number of anilines is 2. The Morgan fingerprint density at radius 2 is 1.78 bits per heavy atom. The van der Waals surface area contributed by atoms with Crippen molar-refractivity contribution >= 4 is 57.1 Å². The van der Waals surface area contributed by atoms with Gasteiger partial charge in [0.15, 0.2) is 0 Å². The van der Waals surface area contributed by atoms with E-state index in [1.807, 2.05) is 11.4 Å². The number of para-hydroxylation sites is 1. The summed E-state index contributed by atoms with van der Waals surface area (Å²) in [6.45, 7) is 0. The quantitative estimate of drug-likeness (QED) is 0.468. The predicted octanol–water partition coefficient (Wildman–Crippen LogP) is 5.65. The maximum Gasteiger partial charge on any atom is 0.293 e. The van der Waals surface area contributed by atoms with Gasteiger partial charge >= 0.3 is 0 Å². The number of benzene rings is 2. The third-order valence-corrected chi connectivity index (χ3v) is 4.97. The van der Waals surface area contributed by atoms with Gasteiger partial charge in [-0.15, -0.1) is 11.3 Å². The van der Waals surface area contributed by atoms with Crippen LogP contribution in [0.5, 0.6) is 0 Å². The SMILES string of the molecule is O=C(Nc1c(C(=O)Nc2cccc(Cl)c2)oc2ccccc12)c1cccs1. The van der Waals surface area contributed by atoms with E-state index >= 15 is 0 Å². The fourth-order valence-corrected chi connectivity index (χ4v) is 3.48. The molecule has 0 atom stereocenters. The summed E-state index contributed by atoms with van der Waals surface area (Å²) in [6, 6.07) is 17.5. The maximum atomic E-state index is 12.8. The van der Waals surface area contributed by atoms with Crippen LogP contribution in [-0.2, 0) is 0 Å². The number of furan rings is 1. The minimum Gasteiger partial charge on any atom is -0.449 e. The van der Waals surface area contributed by atoms with Gasteiger partial charge in [-0.2, -0.15) is 0 Å². The molecule has 27 heavy (non-hydrogen) atoms. The van der Waals surface area contributed by atoms with Gasteiger partial charge in [0.2, 0.25) is 5.76 Å². The second kappa shape index (κ2) is 7.26. The van der Waals surface area contributed by atoms with Gasteiger partial charge in [0, 0.05) is 16.1 Å². The summed E-state index contributed by atoms with van der Waals surface area (Å²) < 4.78 is 5.73. The molecule has 0 aliphatic rings. The van der Waals surface area contributed by atoms with Gasteiger partial charge in [-0.1, -0.05) is 35.9 Å². The first-order valence-corrected chi connectivity index (χ1v) is 9.31. The van der Waals surface area contributed by atoms with Crippen molar-refractivity contribution in [2.75, 3.05) is 10.6 Å². The highest BCUT2D eigenvalue weighted by Crippen LogP contribution is 2.32. The molecule has 2 amide bonds. The molecule has 2 heterocycles. The number of carbonyl (C=O) groups is 2. The van der Waals surface area contributed by atoms with Crippen LogP contribution < -0.4 is 10.6 Å². The summed E-state index contributed by atoms with van der Waals surface area (Å²) in [5.74, 6) is -0.746. The van der Waals surface area contributed by atoms with Crippen molar-refractivity contribution in [3.8, 4) is 0 Å². The summed E-state index contributed by atoms with van der Waals surface area (Å²) in [4.78, 5) is 25.8. The van der Waals surface area contributed by atoms with Gasteiger partial charge in [-0.25, -0.2) is 0 Å². The van der Waals surface area contributed by atoms with Crippen molar-refractivity contribution in [1.82, 2.24) is 0 Å². The molecule has 4 rings (SSSR count). The van der Waals surface area contributed by atoms with Gasteiger partial charge < -0.3 is 15.1 Å². The van der Waals surface area contributed by atoms with Crippen LogP contribution in [0.2, 0.25) is 5.02 Å². The fraction of sp³-hybridized carbons (Fsp3) is 0. The zero-order chi connectivity index (χ0) is 18.8. The van der Waals surface area contributed by atoms with E-state index < -0.39 is 5.91 Å². The molecule has 2 N–H and O–H groups in total. The van der Waals surface area contributed by atoms with E-state index in [4.69, 9.17) is 16.0 Å². The standard InChI is InChI=1S/C20H13ClN2O3S/c21-12-5-3-6-13(11-12)22-20(25)18-17(14-7-1-2-8-15(14)26-18)23-19(24)16-9-4-10-27-16/h1-11H,(H,22,25)(H,23,24). The molecule has 7 heteroatoms. The van der Waals surface area contributed by atoms with Crippen LogP contribution >= 0.6 is 22.9 Å². The maximum absolute atomic E-state index is 12.8. The number of fused-ring (bicyclic) bond motifs is 1. The van der Waals surface area contributed by atoms with Crippen molar-refractivity contribution in [3.05, 3.63) is 81.7 Å². The van der Waals surface area contributed by atoms with Crippen molar-refractivity contribution in [2.45, 2.75) is 0 Å². The van der Waals surface area contributed by atoms with Crippen LogP contribution in [0, 0.1) is 0 Å². The first kappa shape index (κ1) is 17.3. The van der Waals surface area contributed by atoms with E-state index in [0.29, 0.717) is 32.2 Å². The highest BCUT2D eigenvalue weighted by Gasteiger charge is 2.23. The number of carbonyl (C=O) groups excluding carboxylic acids is 2. The van der Waals surface area contributed by atoms with E-state index in [1.165, 1.54) is 11.3 Å². The lowest BCUT2D eigenvalue weighted by Gasteiger charge is -2.07. The Kier molecular flexibility index (Phi) is 4.66. The van der Waals surface area contributed by atoms with Crippen LogP contribution in [0.4, 0.5) is 11.4 Å². The van der Waals surface area contributed by atoms with E-state index in [1.54, 1.807) is 54.6 Å². The Hall–Kier alpha value is -3.09. The summed E-state index contributed by atoms with van der Waals surface area (Å²) in [5, 5.41) is 8.52. The molecule has 4 aromatic rings. The van der Waals surface area contributed by atoms with Crippen molar-refractivity contribution in [3.63, 3.8) is 0 Å². The third-order valence-electron chi connectivity index (χ3n) is 3.87. The first-order valence-electron chi connectivity index (χ1n) is 8.05. The van der Waals surface area contributed by atoms with Crippen molar-refractivity contribution < 1.29 is 14.0 Å². The normalized spacial score (nSPS) is 10.7. The van der Waals surface area contributed by atoms with Crippen LogP contribution in [0.15, 0.2) is 70.5 Å². The predicted molar refractivity (Wildman–Crippen MR) is 108 cm³/mol. The van der Waals surface area contributed by atoms with Gasteiger partial charge in [-0.05, 0) is 41.8 Å². The number of hydrogen-bond acceptors (Lipinski definition) is 4. The molecule has 0 saturated carbocycles. The Morgan fingerprint density at radius 1 is 0.926 bits per heavy atom. The highest BCUT2D eigenvalue weighted by atomic mass is 35.5. The van der Waals surface area contributed by atoms with Gasteiger partial charge in [-0.3, -0.25) is 9.59 Å². The monoisotopic (exact) mass is 396 g/mol. The molecule has 0 unspecified atom stereocenters. The largest absolute Gasteiger partial charge is 0.449 e. The molecular weight excluding hydrogens is 384 g/mol. The summed E-state index contributed by atoms with van der Waals surface area (Å²) in [6.07, 6.45) is 0. The van der Waals surface area contributed by atoms with E-state index in [-0.39, 0.29) is 11.7 Å². The van der Waals surface area contributed by atoms with Gasteiger partial charge in [0.1, 0.15) is 11.3 Å². The summed E-state index contributed by atoms with van der Waals surface area (Å²) in [7, 11) is 0.